The van der Waals surface area contributed by atoms with Gasteiger partial charge in [0.2, 0.25) is 0 Å². The number of ketones is 1. The summed E-state index contributed by atoms with van der Waals surface area (Å²) in [6, 6.07) is 0. The molecule has 4 aliphatic carbocycles. The zero-order valence-electron chi connectivity index (χ0n) is 22.5. The van der Waals surface area contributed by atoms with Gasteiger partial charge >= 0.3 is 11.9 Å². The number of ether oxygens (including phenoxy) is 3. The number of esters is 2. The van der Waals surface area contributed by atoms with Crippen molar-refractivity contribution in [1.29, 1.82) is 0 Å². The van der Waals surface area contributed by atoms with Crippen molar-refractivity contribution in [3.8, 4) is 0 Å². The topological polar surface area (TPSA) is 102 Å². The zero-order chi connectivity index (χ0) is 26.3. The minimum Gasteiger partial charge on any atom is -0.460 e. The van der Waals surface area contributed by atoms with Crippen LogP contribution in [-0.2, 0) is 28.6 Å². The third kappa shape index (κ3) is 2.83. The van der Waals surface area contributed by atoms with Crippen molar-refractivity contribution in [3.63, 3.8) is 0 Å². The molecule has 7 aliphatic rings. The quantitative estimate of drug-likeness (QED) is 0.423. The molecule has 0 aromatic rings. The lowest BCUT2D eigenvalue weighted by molar-refractivity contribution is -0.184. The Kier molecular flexibility index (Phi) is 4.52. The first-order valence-corrected chi connectivity index (χ1v) is 14.0. The van der Waals surface area contributed by atoms with E-state index in [1.54, 1.807) is 6.92 Å². The molecule has 37 heavy (non-hydrogen) atoms. The van der Waals surface area contributed by atoms with Crippen LogP contribution in [0.4, 0.5) is 0 Å². The monoisotopic (exact) mass is 510 g/mol. The minimum absolute atomic E-state index is 0.0334. The number of cyclic esters (lactones) is 1. The molecule has 7 heteroatoms. The van der Waals surface area contributed by atoms with Gasteiger partial charge in [0.1, 0.15) is 23.4 Å². The standard InChI is InChI=1S/C30H38O7/c1-26(2)21-7-6-18-23(24-30(21,37-24)11-9-22(32)36-26)19(31)14-28(4)17(8-10-27(18,28)3)16-12-15-13-20(16)35-25(33)29(15,5)34/h9,11,15-17,20-21,24,34H,6-8,10,12-14H2,1-5H3/t15-,16+,17-,20-,21+,24+,27+,28-,29-,30-/m1/s1. The van der Waals surface area contributed by atoms with Crippen molar-refractivity contribution >= 4 is 17.7 Å². The van der Waals surface area contributed by atoms with Crippen LogP contribution >= 0.6 is 0 Å². The van der Waals surface area contributed by atoms with E-state index in [2.05, 4.69) is 13.8 Å². The molecule has 2 saturated heterocycles. The first-order chi connectivity index (χ1) is 17.2. The normalized spacial score (nSPS) is 53.3. The number of epoxide rings is 1. The summed E-state index contributed by atoms with van der Waals surface area (Å²) >= 11 is 0. The lowest BCUT2D eigenvalue weighted by Gasteiger charge is -2.51. The second-order valence-corrected chi connectivity index (χ2v) is 14.1. The van der Waals surface area contributed by atoms with Crippen LogP contribution in [0.3, 0.4) is 0 Å². The highest BCUT2D eigenvalue weighted by Gasteiger charge is 2.72. The van der Waals surface area contributed by atoms with E-state index in [0.29, 0.717) is 12.8 Å². The van der Waals surface area contributed by atoms with Crippen molar-refractivity contribution in [2.45, 2.75) is 109 Å². The largest absolute Gasteiger partial charge is 0.460 e. The van der Waals surface area contributed by atoms with Gasteiger partial charge in [-0.2, -0.15) is 0 Å². The SMILES string of the molecule is CC1(C)OC(=O)C=C[C@]23O[C@H]2C2=C(CC[C@@H]13)[C@]1(C)CC[C@H]([C@@H]3C[C@@H]4C[C@H]3OC(=O)[C@]4(C)O)[C@@]1(C)CC2=O. The summed E-state index contributed by atoms with van der Waals surface area (Å²) in [5, 5.41) is 10.8. The Morgan fingerprint density at radius 2 is 1.78 bits per heavy atom. The molecule has 7 nitrogen and oxygen atoms in total. The second-order valence-electron chi connectivity index (χ2n) is 14.1. The van der Waals surface area contributed by atoms with Crippen LogP contribution in [0.1, 0.15) is 79.6 Å². The number of carbonyl (C=O) groups is 3. The molecule has 200 valence electrons. The average molecular weight is 511 g/mol. The molecular weight excluding hydrogens is 472 g/mol. The molecule has 10 atom stereocenters. The molecule has 0 unspecified atom stereocenters. The van der Waals surface area contributed by atoms with Crippen molar-refractivity contribution in [3.05, 3.63) is 23.3 Å². The molecular formula is C30H38O7. The molecule has 3 heterocycles. The molecule has 1 N–H and O–H groups in total. The minimum atomic E-state index is -1.43. The molecule has 1 spiro atoms. The predicted octanol–water partition coefficient (Wildman–Crippen LogP) is 3.82. The van der Waals surface area contributed by atoms with E-state index in [1.165, 1.54) is 11.6 Å². The fourth-order valence-corrected chi connectivity index (χ4v) is 9.98. The van der Waals surface area contributed by atoms with Crippen LogP contribution in [0, 0.1) is 34.5 Å². The van der Waals surface area contributed by atoms with Gasteiger partial charge in [-0.25, -0.2) is 9.59 Å². The van der Waals surface area contributed by atoms with Crippen LogP contribution < -0.4 is 0 Å². The Morgan fingerprint density at radius 1 is 1.03 bits per heavy atom. The predicted molar refractivity (Wildman–Crippen MR) is 132 cm³/mol. The third-order valence-corrected chi connectivity index (χ3v) is 12.2. The first-order valence-electron chi connectivity index (χ1n) is 14.0. The van der Waals surface area contributed by atoms with E-state index in [1.807, 2.05) is 19.9 Å². The van der Waals surface area contributed by atoms with E-state index in [-0.39, 0.29) is 58.5 Å². The van der Waals surface area contributed by atoms with Gasteiger partial charge in [-0.3, -0.25) is 4.79 Å². The fraction of sp³-hybridized carbons (Fsp3) is 0.767. The molecule has 2 bridgehead atoms. The fourth-order valence-electron chi connectivity index (χ4n) is 9.98. The molecule has 0 amide bonds. The lowest BCUT2D eigenvalue weighted by Crippen LogP contribution is -2.49. The van der Waals surface area contributed by atoms with Gasteiger partial charge in [0.05, 0.1) is 0 Å². The second kappa shape index (κ2) is 6.95. The first kappa shape index (κ1) is 24.1. The summed E-state index contributed by atoms with van der Waals surface area (Å²) in [5.74, 6) is -0.411. The van der Waals surface area contributed by atoms with Gasteiger partial charge in [-0.15, -0.1) is 0 Å². The van der Waals surface area contributed by atoms with Gasteiger partial charge < -0.3 is 19.3 Å². The van der Waals surface area contributed by atoms with Crippen LogP contribution in [0.25, 0.3) is 0 Å². The van der Waals surface area contributed by atoms with Crippen LogP contribution in [0.2, 0.25) is 0 Å². The van der Waals surface area contributed by atoms with E-state index >= 15 is 0 Å². The lowest BCUT2D eigenvalue weighted by atomic mass is 9.52. The van der Waals surface area contributed by atoms with E-state index in [9.17, 15) is 19.5 Å². The number of Topliss-reactive ketones (excluding diaryl/α,β-unsaturated/α-hetero) is 1. The van der Waals surface area contributed by atoms with Crippen molar-refractivity contribution < 1.29 is 33.7 Å². The molecule has 0 radical (unpaired) electrons. The van der Waals surface area contributed by atoms with Crippen LogP contribution in [0.15, 0.2) is 23.3 Å². The number of aliphatic hydroxyl groups is 1. The van der Waals surface area contributed by atoms with Gasteiger partial charge in [-0.1, -0.05) is 19.4 Å². The molecule has 0 aromatic carbocycles. The summed E-state index contributed by atoms with van der Waals surface area (Å²) in [6.45, 7) is 10.1. The van der Waals surface area contributed by atoms with Gasteiger partial charge in [0.25, 0.3) is 0 Å². The zero-order valence-corrected chi connectivity index (χ0v) is 22.5. The summed E-state index contributed by atoms with van der Waals surface area (Å²) in [6.07, 6.45) is 8.30. The Morgan fingerprint density at radius 3 is 2.54 bits per heavy atom. The highest BCUT2D eigenvalue weighted by Crippen LogP contribution is 2.71. The highest BCUT2D eigenvalue weighted by molar-refractivity contribution is 6.00. The Hall–Kier alpha value is -1.99. The summed E-state index contributed by atoms with van der Waals surface area (Å²) in [7, 11) is 0. The van der Waals surface area contributed by atoms with E-state index in [4.69, 9.17) is 14.2 Å². The number of fused-ring (bicyclic) bond motifs is 5. The maximum absolute atomic E-state index is 14.0. The van der Waals surface area contributed by atoms with Gasteiger partial charge in [-0.05, 0) is 88.0 Å². The molecule has 0 aromatic heterocycles. The summed E-state index contributed by atoms with van der Waals surface area (Å²) in [5.41, 5.74) is -1.11. The average Bonchev–Trinajstić information content (AvgIpc) is 3.33. The Balaban J connectivity index is 1.27. The summed E-state index contributed by atoms with van der Waals surface area (Å²) in [4.78, 5) is 38.9. The van der Waals surface area contributed by atoms with E-state index < -0.39 is 22.8 Å². The molecule has 2 saturated carbocycles. The smallest absolute Gasteiger partial charge is 0.338 e. The maximum atomic E-state index is 14.0. The number of hydrogen-bond donors (Lipinski definition) is 1. The van der Waals surface area contributed by atoms with Gasteiger partial charge in [0.15, 0.2) is 11.4 Å². The Bertz CT molecular complexity index is 1190. The van der Waals surface area contributed by atoms with Crippen LogP contribution in [-0.4, -0.2) is 51.8 Å². The highest BCUT2D eigenvalue weighted by atomic mass is 16.6. The number of rotatable bonds is 1. The van der Waals surface area contributed by atoms with E-state index in [0.717, 1.165) is 37.7 Å². The van der Waals surface area contributed by atoms with Crippen molar-refractivity contribution in [2.75, 3.05) is 0 Å². The maximum Gasteiger partial charge on any atom is 0.338 e. The number of allylic oxidation sites excluding steroid dienone is 1. The molecule has 3 aliphatic heterocycles. The molecule has 4 fully saturated rings. The number of hydrogen-bond acceptors (Lipinski definition) is 7. The Labute approximate surface area is 218 Å². The van der Waals surface area contributed by atoms with Crippen molar-refractivity contribution in [2.24, 2.45) is 34.5 Å². The van der Waals surface area contributed by atoms with Gasteiger partial charge in [0, 0.05) is 29.9 Å². The number of carbonyl (C=O) groups excluding carboxylic acids is 3. The third-order valence-electron chi connectivity index (χ3n) is 12.2. The van der Waals surface area contributed by atoms with Crippen molar-refractivity contribution in [1.82, 2.24) is 0 Å². The van der Waals surface area contributed by atoms with Crippen LogP contribution in [0.5, 0.6) is 0 Å². The molecule has 7 rings (SSSR count). The summed E-state index contributed by atoms with van der Waals surface area (Å²) < 4.78 is 18.0.